The fourth-order valence-corrected chi connectivity index (χ4v) is 3.65. The molecular formula is C15H19Br2N3. The molecule has 1 unspecified atom stereocenters. The van der Waals surface area contributed by atoms with E-state index in [0.717, 1.165) is 26.7 Å². The Morgan fingerprint density at radius 2 is 1.95 bits per heavy atom. The van der Waals surface area contributed by atoms with Crippen LogP contribution in [0.4, 0.5) is 5.69 Å². The summed E-state index contributed by atoms with van der Waals surface area (Å²) < 4.78 is 4.15. The minimum absolute atomic E-state index is 0.446. The van der Waals surface area contributed by atoms with E-state index < -0.39 is 0 Å². The standard InChI is InChI=1S/C15H19Br2N3/c1-4-11(3)20-6-5-12(19-20)9-18-15-13(16)7-10(2)8-14(15)17/h5-8,11,18H,4,9H2,1-3H3. The molecule has 1 aromatic heterocycles. The van der Waals surface area contributed by atoms with E-state index in [-0.39, 0.29) is 0 Å². The van der Waals surface area contributed by atoms with Crippen LogP contribution in [0.2, 0.25) is 0 Å². The SMILES string of the molecule is CCC(C)n1ccc(CNc2c(Br)cc(C)cc2Br)n1. The lowest BCUT2D eigenvalue weighted by molar-refractivity contribution is 0.474. The number of nitrogens with one attached hydrogen (secondary N) is 1. The largest absolute Gasteiger partial charge is 0.377 e. The summed E-state index contributed by atoms with van der Waals surface area (Å²) in [4.78, 5) is 0. The number of anilines is 1. The van der Waals surface area contributed by atoms with Crippen molar-refractivity contribution in [1.29, 1.82) is 0 Å². The highest BCUT2D eigenvalue weighted by atomic mass is 79.9. The summed E-state index contributed by atoms with van der Waals surface area (Å²) in [6.07, 6.45) is 3.13. The summed E-state index contributed by atoms with van der Waals surface area (Å²) in [7, 11) is 0. The average Bonchev–Trinajstić information content (AvgIpc) is 2.85. The predicted octanol–water partition coefficient (Wildman–Crippen LogP) is 5.30. The van der Waals surface area contributed by atoms with Gasteiger partial charge in [-0.05, 0) is 75.9 Å². The highest BCUT2D eigenvalue weighted by Crippen LogP contribution is 2.32. The van der Waals surface area contributed by atoms with Crippen molar-refractivity contribution in [3.63, 3.8) is 0 Å². The first-order chi connectivity index (χ1) is 9.51. The minimum Gasteiger partial charge on any atom is -0.377 e. The molecule has 0 bridgehead atoms. The smallest absolute Gasteiger partial charge is 0.0815 e. The van der Waals surface area contributed by atoms with E-state index in [1.807, 2.05) is 10.9 Å². The van der Waals surface area contributed by atoms with Gasteiger partial charge in [0.1, 0.15) is 0 Å². The van der Waals surface area contributed by atoms with Crippen molar-refractivity contribution >= 4 is 37.5 Å². The highest BCUT2D eigenvalue weighted by Gasteiger charge is 2.08. The molecule has 2 rings (SSSR count). The summed E-state index contributed by atoms with van der Waals surface area (Å²) in [6, 6.07) is 6.71. The Bertz CT molecular complexity index is 570. The third kappa shape index (κ3) is 3.64. The van der Waals surface area contributed by atoms with Crippen LogP contribution in [-0.2, 0) is 6.54 Å². The van der Waals surface area contributed by atoms with Crippen LogP contribution in [0.1, 0.15) is 37.6 Å². The van der Waals surface area contributed by atoms with Crippen molar-refractivity contribution in [1.82, 2.24) is 9.78 Å². The van der Waals surface area contributed by atoms with Gasteiger partial charge in [-0.3, -0.25) is 4.68 Å². The molecule has 108 valence electrons. The highest BCUT2D eigenvalue weighted by molar-refractivity contribution is 9.11. The van der Waals surface area contributed by atoms with Gasteiger partial charge in [0.2, 0.25) is 0 Å². The summed E-state index contributed by atoms with van der Waals surface area (Å²) in [5.41, 5.74) is 3.33. The quantitative estimate of drug-likeness (QED) is 0.737. The maximum Gasteiger partial charge on any atom is 0.0815 e. The van der Waals surface area contributed by atoms with Crippen molar-refractivity contribution in [3.8, 4) is 0 Å². The molecule has 0 amide bonds. The molecule has 0 fully saturated rings. The zero-order chi connectivity index (χ0) is 14.7. The Hall–Kier alpha value is -0.810. The van der Waals surface area contributed by atoms with Crippen LogP contribution in [0.5, 0.6) is 0 Å². The number of benzene rings is 1. The van der Waals surface area contributed by atoms with Crippen LogP contribution < -0.4 is 5.32 Å². The Kier molecular flexibility index (Phi) is 5.27. The van der Waals surface area contributed by atoms with Gasteiger partial charge in [-0.15, -0.1) is 0 Å². The zero-order valence-electron chi connectivity index (χ0n) is 12.0. The maximum atomic E-state index is 4.60. The Morgan fingerprint density at radius 1 is 1.30 bits per heavy atom. The Balaban J connectivity index is 2.07. The van der Waals surface area contributed by atoms with Crippen molar-refractivity contribution in [2.45, 2.75) is 39.8 Å². The minimum atomic E-state index is 0.446. The number of aromatic nitrogens is 2. The molecule has 2 aromatic rings. The maximum absolute atomic E-state index is 4.60. The average molecular weight is 401 g/mol. The van der Waals surface area contributed by atoms with Crippen molar-refractivity contribution in [3.05, 3.63) is 44.6 Å². The number of halogens is 2. The second-order valence-corrected chi connectivity index (χ2v) is 6.71. The Labute approximate surface area is 137 Å². The van der Waals surface area contributed by atoms with Crippen molar-refractivity contribution < 1.29 is 0 Å². The van der Waals surface area contributed by atoms with Crippen molar-refractivity contribution in [2.24, 2.45) is 0 Å². The van der Waals surface area contributed by atoms with Gasteiger partial charge in [-0.1, -0.05) is 6.92 Å². The summed E-state index contributed by atoms with van der Waals surface area (Å²) in [5.74, 6) is 0. The molecule has 5 heteroatoms. The molecule has 1 atom stereocenters. The van der Waals surface area contributed by atoms with Gasteiger partial charge in [0.25, 0.3) is 0 Å². The first-order valence-electron chi connectivity index (χ1n) is 6.74. The van der Waals surface area contributed by atoms with E-state index in [2.05, 4.69) is 81.2 Å². The molecule has 1 N–H and O–H groups in total. The molecule has 20 heavy (non-hydrogen) atoms. The molecule has 0 saturated heterocycles. The number of hydrogen-bond acceptors (Lipinski definition) is 2. The van der Waals surface area contributed by atoms with E-state index >= 15 is 0 Å². The van der Waals surface area contributed by atoms with Crippen LogP contribution in [0, 0.1) is 6.92 Å². The Morgan fingerprint density at radius 3 is 2.55 bits per heavy atom. The van der Waals surface area contributed by atoms with Gasteiger partial charge in [-0.2, -0.15) is 5.10 Å². The molecule has 0 aliphatic rings. The number of hydrogen-bond donors (Lipinski definition) is 1. The van der Waals surface area contributed by atoms with E-state index in [4.69, 9.17) is 0 Å². The molecule has 0 saturated carbocycles. The summed E-state index contributed by atoms with van der Waals surface area (Å²) >= 11 is 7.19. The van der Waals surface area contributed by atoms with Crippen LogP contribution >= 0.6 is 31.9 Å². The zero-order valence-corrected chi connectivity index (χ0v) is 15.1. The predicted molar refractivity (Wildman–Crippen MR) is 91.1 cm³/mol. The molecule has 1 heterocycles. The molecule has 3 nitrogen and oxygen atoms in total. The molecule has 1 aromatic carbocycles. The normalized spacial score (nSPS) is 12.4. The summed E-state index contributed by atoms with van der Waals surface area (Å²) in [6.45, 7) is 7.14. The van der Waals surface area contributed by atoms with Crippen molar-refractivity contribution in [2.75, 3.05) is 5.32 Å². The topological polar surface area (TPSA) is 29.9 Å². The monoisotopic (exact) mass is 399 g/mol. The third-order valence-corrected chi connectivity index (χ3v) is 4.59. The van der Waals surface area contributed by atoms with Gasteiger partial charge < -0.3 is 5.32 Å². The van der Waals surface area contributed by atoms with Gasteiger partial charge in [0.15, 0.2) is 0 Å². The second kappa shape index (κ2) is 6.76. The fraction of sp³-hybridized carbons (Fsp3) is 0.400. The lowest BCUT2D eigenvalue weighted by atomic mass is 10.2. The number of rotatable bonds is 5. The van der Waals surface area contributed by atoms with E-state index in [1.54, 1.807) is 0 Å². The molecule has 0 aliphatic heterocycles. The number of nitrogens with zero attached hydrogens (tertiary/aromatic N) is 2. The van der Waals surface area contributed by atoms with E-state index in [0.29, 0.717) is 12.6 Å². The lowest BCUT2D eigenvalue weighted by Gasteiger charge is -2.11. The van der Waals surface area contributed by atoms with Gasteiger partial charge >= 0.3 is 0 Å². The molecular weight excluding hydrogens is 382 g/mol. The fourth-order valence-electron chi connectivity index (χ4n) is 1.95. The van der Waals surface area contributed by atoms with Crippen LogP contribution in [0.15, 0.2) is 33.3 Å². The van der Waals surface area contributed by atoms with Gasteiger partial charge in [0, 0.05) is 21.2 Å². The third-order valence-electron chi connectivity index (χ3n) is 3.34. The number of aryl methyl sites for hydroxylation is 1. The van der Waals surface area contributed by atoms with E-state index in [1.165, 1.54) is 5.56 Å². The lowest BCUT2D eigenvalue weighted by Crippen LogP contribution is -2.07. The molecule has 0 aliphatic carbocycles. The van der Waals surface area contributed by atoms with Crippen LogP contribution in [-0.4, -0.2) is 9.78 Å². The molecule has 0 spiro atoms. The second-order valence-electron chi connectivity index (χ2n) is 5.00. The van der Waals surface area contributed by atoms with Gasteiger partial charge in [-0.25, -0.2) is 0 Å². The van der Waals surface area contributed by atoms with Crippen LogP contribution in [0.25, 0.3) is 0 Å². The molecule has 0 radical (unpaired) electrons. The first kappa shape index (κ1) is 15.6. The van der Waals surface area contributed by atoms with Crippen LogP contribution in [0.3, 0.4) is 0 Å². The van der Waals surface area contributed by atoms with E-state index in [9.17, 15) is 0 Å². The first-order valence-corrected chi connectivity index (χ1v) is 8.33. The summed E-state index contributed by atoms with van der Waals surface area (Å²) in [5, 5.41) is 8.02. The van der Waals surface area contributed by atoms with Gasteiger partial charge in [0.05, 0.1) is 17.9 Å².